The third-order valence-corrected chi connectivity index (χ3v) is 5.49. The predicted octanol–water partition coefficient (Wildman–Crippen LogP) is 3.09. The molecule has 2 saturated heterocycles. The minimum Gasteiger partial charge on any atom is -0.447 e. The smallest absolute Gasteiger partial charge is 0.410 e. The predicted molar refractivity (Wildman–Crippen MR) is 97.3 cm³/mol. The first kappa shape index (κ1) is 17.6. The Morgan fingerprint density at radius 1 is 1.15 bits per heavy atom. The van der Waals surface area contributed by atoms with Crippen LogP contribution in [-0.2, 0) is 4.74 Å². The van der Waals surface area contributed by atoms with Crippen LogP contribution in [0.1, 0.15) is 46.3 Å². The number of rotatable bonds is 3. The number of cyclic esters (lactones) is 1. The molecule has 27 heavy (non-hydrogen) atoms. The molecule has 0 spiro atoms. The third-order valence-electron chi connectivity index (χ3n) is 5.49. The Kier molecular flexibility index (Phi) is 4.59. The number of ether oxygens (including phenoxy) is 1. The Hall–Kier alpha value is -2.83. The van der Waals surface area contributed by atoms with E-state index in [0.29, 0.717) is 36.7 Å². The second-order valence-electron chi connectivity index (χ2n) is 7.13. The van der Waals surface area contributed by atoms with Crippen LogP contribution in [0.2, 0.25) is 0 Å². The molecule has 4 rings (SSSR count). The number of aromatic nitrogens is 1. The van der Waals surface area contributed by atoms with Gasteiger partial charge in [-0.1, -0.05) is 35.5 Å². The highest BCUT2D eigenvalue weighted by molar-refractivity contribution is 5.96. The summed E-state index contributed by atoms with van der Waals surface area (Å²) in [5.41, 5.74) is 2.25. The summed E-state index contributed by atoms with van der Waals surface area (Å²) >= 11 is 0. The normalized spacial score (nSPS) is 20.8. The standard InChI is InChI=1S/C20H23N3O4/c1-13-18(14(2)27-21-13)19(24)22-10-8-16(9-11-22)23-17(12-26-20(23)25)15-6-4-3-5-7-15/h3-7,16-17H,8-12H2,1-2H3. The van der Waals surface area contributed by atoms with Crippen LogP contribution in [0, 0.1) is 13.8 Å². The van der Waals surface area contributed by atoms with Gasteiger partial charge in [0.05, 0.1) is 11.7 Å². The molecule has 0 radical (unpaired) electrons. The van der Waals surface area contributed by atoms with Crippen molar-refractivity contribution in [1.82, 2.24) is 15.0 Å². The molecule has 1 aromatic carbocycles. The molecule has 0 saturated carbocycles. The second-order valence-corrected chi connectivity index (χ2v) is 7.13. The molecule has 7 nitrogen and oxygen atoms in total. The van der Waals surface area contributed by atoms with Crippen molar-refractivity contribution in [2.24, 2.45) is 0 Å². The average molecular weight is 369 g/mol. The zero-order valence-corrected chi connectivity index (χ0v) is 15.6. The largest absolute Gasteiger partial charge is 0.447 e. The number of hydrogen-bond acceptors (Lipinski definition) is 5. The minimum absolute atomic E-state index is 0.0479. The number of piperidine rings is 1. The van der Waals surface area contributed by atoms with Gasteiger partial charge in [-0.3, -0.25) is 9.69 Å². The van der Waals surface area contributed by atoms with Gasteiger partial charge in [0.25, 0.3) is 5.91 Å². The lowest BCUT2D eigenvalue weighted by Gasteiger charge is -2.37. The molecule has 2 fully saturated rings. The van der Waals surface area contributed by atoms with E-state index in [9.17, 15) is 9.59 Å². The summed E-state index contributed by atoms with van der Waals surface area (Å²) in [6, 6.07) is 9.96. The van der Waals surface area contributed by atoms with Crippen LogP contribution in [0.5, 0.6) is 0 Å². The van der Waals surface area contributed by atoms with Crippen molar-refractivity contribution in [2.45, 2.75) is 38.8 Å². The summed E-state index contributed by atoms with van der Waals surface area (Å²) < 4.78 is 10.5. The van der Waals surface area contributed by atoms with Crippen LogP contribution in [0.15, 0.2) is 34.9 Å². The van der Waals surface area contributed by atoms with E-state index in [1.807, 2.05) is 40.1 Å². The van der Waals surface area contributed by atoms with Crippen molar-refractivity contribution >= 4 is 12.0 Å². The van der Waals surface area contributed by atoms with E-state index < -0.39 is 0 Å². The zero-order valence-electron chi connectivity index (χ0n) is 15.6. The maximum Gasteiger partial charge on any atom is 0.410 e. The Morgan fingerprint density at radius 2 is 1.85 bits per heavy atom. The fraction of sp³-hybridized carbons (Fsp3) is 0.450. The van der Waals surface area contributed by atoms with Gasteiger partial charge < -0.3 is 14.2 Å². The number of carbonyl (C=O) groups excluding carboxylic acids is 2. The van der Waals surface area contributed by atoms with E-state index in [0.717, 1.165) is 18.4 Å². The Balaban J connectivity index is 1.45. The molecule has 0 N–H and O–H groups in total. The number of carbonyl (C=O) groups is 2. The van der Waals surface area contributed by atoms with Crippen LogP contribution in [0.25, 0.3) is 0 Å². The molecule has 142 valence electrons. The Bertz CT molecular complexity index is 821. The number of aryl methyl sites for hydroxylation is 2. The van der Waals surface area contributed by atoms with Crippen molar-refractivity contribution in [3.8, 4) is 0 Å². The fourth-order valence-corrected chi connectivity index (χ4v) is 4.06. The highest BCUT2D eigenvalue weighted by atomic mass is 16.6. The van der Waals surface area contributed by atoms with E-state index >= 15 is 0 Å². The number of amides is 2. The van der Waals surface area contributed by atoms with Crippen molar-refractivity contribution in [3.63, 3.8) is 0 Å². The van der Waals surface area contributed by atoms with E-state index in [-0.39, 0.29) is 24.1 Å². The summed E-state index contributed by atoms with van der Waals surface area (Å²) in [7, 11) is 0. The topological polar surface area (TPSA) is 75.9 Å². The van der Waals surface area contributed by atoms with Gasteiger partial charge >= 0.3 is 6.09 Å². The van der Waals surface area contributed by atoms with Crippen molar-refractivity contribution in [2.75, 3.05) is 19.7 Å². The maximum atomic E-state index is 12.8. The van der Waals surface area contributed by atoms with Crippen LogP contribution in [-0.4, -0.2) is 52.7 Å². The van der Waals surface area contributed by atoms with E-state index in [1.54, 1.807) is 13.8 Å². The molecule has 0 bridgehead atoms. The van der Waals surface area contributed by atoms with Gasteiger partial charge in [0, 0.05) is 19.1 Å². The molecule has 2 amide bonds. The maximum absolute atomic E-state index is 12.8. The van der Waals surface area contributed by atoms with Crippen molar-refractivity contribution in [1.29, 1.82) is 0 Å². The minimum atomic E-state index is -0.264. The summed E-state index contributed by atoms with van der Waals surface area (Å²) in [6.45, 7) is 5.10. The average Bonchev–Trinajstić information content (AvgIpc) is 3.24. The molecule has 1 aromatic heterocycles. The van der Waals surface area contributed by atoms with Gasteiger partial charge in [-0.25, -0.2) is 4.79 Å². The lowest BCUT2D eigenvalue weighted by Crippen LogP contribution is -2.47. The van der Waals surface area contributed by atoms with Gasteiger partial charge in [-0.05, 0) is 32.3 Å². The number of likely N-dealkylation sites (tertiary alicyclic amines) is 1. The van der Waals surface area contributed by atoms with E-state index in [2.05, 4.69) is 5.16 Å². The van der Waals surface area contributed by atoms with Crippen molar-refractivity contribution in [3.05, 3.63) is 52.9 Å². The first-order valence-electron chi connectivity index (χ1n) is 9.28. The van der Waals surface area contributed by atoms with Gasteiger partial charge in [0.2, 0.25) is 0 Å². The first-order chi connectivity index (χ1) is 13.1. The Morgan fingerprint density at radius 3 is 2.48 bits per heavy atom. The number of hydrogen-bond donors (Lipinski definition) is 0. The molecule has 1 unspecified atom stereocenters. The molecule has 2 aliphatic rings. The molecule has 2 aromatic rings. The van der Waals surface area contributed by atoms with Crippen LogP contribution < -0.4 is 0 Å². The SMILES string of the molecule is Cc1noc(C)c1C(=O)N1CCC(N2C(=O)OCC2c2ccccc2)CC1. The molecule has 1 atom stereocenters. The highest BCUT2D eigenvalue weighted by Crippen LogP contribution is 2.33. The highest BCUT2D eigenvalue weighted by Gasteiger charge is 2.40. The van der Waals surface area contributed by atoms with E-state index in [1.165, 1.54) is 0 Å². The van der Waals surface area contributed by atoms with Crippen LogP contribution in [0.4, 0.5) is 4.79 Å². The van der Waals surface area contributed by atoms with Gasteiger partial charge in [0.1, 0.15) is 17.9 Å². The fourth-order valence-electron chi connectivity index (χ4n) is 4.06. The Labute approximate surface area is 157 Å². The molecule has 3 heterocycles. The first-order valence-corrected chi connectivity index (χ1v) is 9.28. The second kappa shape index (κ2) is 7.06. The van der Waals surface area contributed by atoms with E-state index in [4.69, 9.17) is 9.26 Å². The molecule has 2 aliphatic heterocycles. The molecular formula is C20H23N3O4. The summed E-state index contributed by atoms with van der Waals surface area (Å²) in [5.74, 6) is 0.500. The summed E-state index contributed by atoms with van der Waals surface area (Å²) in [5, 5.41) is 3.87. The third kappa shape index (κ3) is 3.18. The molecule has 0 aliphatic carbocycles. The van der Waals surface area contributed by atoms with Crippen LogP contribution in [0.3, 0.4) is 0 Å². The molecular weight excluding hydrogens is 346 g/mol. The van der Waals surface area contributed by atoms with Gasteiger partial charge in [0.15, 0.2) is 0 Å². The summed E-state index contributed by atoms with van der Waals surface area (Å²) in [6.07, 6.45) is 1.19. The lowest BCUT2D eigenvalue weighted by molar-refractivity contribution is 0.0634. The summed E-state index contributed by atoms with van der Waals surface area (Å²) in [4.78, 5) is 28.8. The molecule has 7 heteroatoms. The van der Waals surface area contributed by atoms with Crippen LogP contribution >= 0.6 is 0 Å². The lowest BCUT2D eigenvalue weighted by atomic mass is 9.98. The quantitative estimate of drug-likeness (QED) is 0.831. The van der Waals surface area contributed by atoms with Gasteiger partial charge in [-0.2, -0.15) is 0 Å². The van der Waals surface area contributed by atoms with Crippen molar-refractivity contribution < 1.29 is 18.8 Å². The van der Waals surface area contributed by atoms with Gasteiger partial charge in [-0.15, -0.1) is 0 Å². The zero-order chi connectivity index (χ0) is 19.0. The monoisotopic (exact) mass is 369 g/mol. The number of nitrogens with zero attached hydrogens (tertiary/aromatic N) is 3. The number of benzene rings is 1.